The first-order chi connectivity index (χ1) is 8.16. The average Bonchev–Trinajstić information content (AvgIpc) is 2.76. The monoisotopic (exact) mass is 269 g/mol. The number of benzene rings is 1. The summed E-state index contributed by atoms with van der Waals surface area (Å²) in [5.74, 6) is -0.503. The Hall–Kier alpha value is -1.26. The third kappa shape index (κ3) is 3.11. The molecule has 0 fully saturated rings. The molecule has 1 aromatic heterocycles. The molecule has 0 aliphatic rings. The second-order valence-corrected chi connectivity index (χ2v) is 4.94. The van der Waals surface area contributed by atoms with E-state index in [0.717, 1.165) is 4.88 Å². The molecule has 1 aromatic carbocycles. The lowest BCUT2D eigenvalue weighted by Crippen LogP contribution is -2.07. The van der Waals surface area contributed by atoms with Crippen LogP contribution in [-0.2, 0) is 17.6 Å². The van der Waals surface area contributed by atoms with Crippen LogP contribution in [0.4, 0.5) is 4.39 Å². The van der Waals surface area contributed by atoms with E-state index in [-0.39, 0.29) is 24.2 Å². The molecule has 17 heavy (non-hydrogen) atoms. The van der Waals surface area contributed by atoms with Crippen molar-refractivity contribution in [3.05, 3.63) is 51.2 Å². The van der Waals surface area contributed by atoms with Crippen LogP contribution in [0, 0.1) is 5.82 Å². The van der Waals surface area contributed by atoms with Crippen molar-refractivity contribution < 1.29 is 9.18 Å². The summed E-state index contributed by atoms with van der Waals surface area (Å²) in [6.45, 7) is 0. The predicted octanol–water partition coefficient (Wildman–Crippen LogP) is 3.29. The Morgan fingerprint density at radius 3 is 2.88 bits per heavy atom. The van der Waals surface area contributed by atoms with Gasteiger partial charge >= 0.3 is 0 Å². The van der Waals surface area contributed by atoms with Crippen LogP contribution in [0.1, 0.15) is 10.4 Å². The van der Waals surface area contributed by atoms with Crippen LogP contribution in [-0.4, -0.2) is 10.8 Å². The SMILES string of the molecule is O=C(Cc1cncs1)Cc1c(F)cccc1Cl. The number of hydrogen-bond donors (Lipinski definition) is 0. The van der Waals surface area contributed by atoms with Crippen molar-refractivity contribution in [3.8, 4) is 0 Å². The molecule has 2 nitrogen and oxygen atoms in total. The Morgan fingerprint density at radius 1 is 1.41 bits per heavy atom. The van der Waals surface area contributed by atoms with Gasteiger partial charge in [0.1, 0.15) is 11.6 Å². The van der Waals surface area contributed by atoms with E-state index in [1.165, 1.54) is 23.5 Å². The Bertz CT molecular complexity index is 507. The minimum absolute atomic E-state index is 0.0173. The second kappa shape index (κ2) is 5.38. The molecule has 0 N–H and O–H groups in total. The highest BCUT2D eigenvalue weighted by atomic mass is 35.5. The van der Waals surface area contributed by atoms with Crippen LogP contribution < -0.4 is 0 Å². The maximum atomic E-state index is 13.4. The first kappa shape index (κ1) is 12.2. The van der Waals surface area contributed by atoms with Crippen molar-refractivity contribution in [1.29, 1.82) is 0 Å². The van der Waals surface area contributed by atoms with Crippen LogP contribution in [0.25, 0.3) is 0 Å². The lowest BCUT2D eigenvalue weighted by atomic mass is 10.1. The van der Waals surface area contributed by atoms with Gasteiger partial charge in [0, 0.05) is 34.5 Å². The van der Waals surface area contributed by atoms with Gasteiger partial charge in [-0.1, -0.05) is 17.7 Å². The maximum Gasteiger partial charge on any atom is 0.142 e. The summed E-state index contributed by atoms with van der Waals surface area (Å²) in [7, 11) is 0. The zero-order chi connectivity index (χ0) is 12.3. The normalized spacial score (nSPS) is 10.5. The molecule has 1 heterocycles. The molecule has 0 amide bonds. The van der Waals surface area contributed by atoms with Gasteiger partial charge in [-0.25, -0.2) is 4.39 Å². The van der Waals surface area contributed by atoms with Gasteiger partial charge in [-0.15, -0.1) is 11.3 Å². The molecular formula is C12H9ClFNOS. The zero-order valence-electron chi connectivity index (χ0n) is 8.82. The first-order valence-corrected chi connectivity index (χ1v) is 6.24. The fourth-order valence-corrected chi connectivity index (χ4v) is 2.34. The van der Waals surface area contributed by atoms with Gasteiger partial charge in [-0.05, 0) is 12.1 Å². The third-order valence-electron chi connectivity index (χ3n) is 2.29. The van der Waals surface area contributed by atoms with Crippen LogP contribution >= 0.6 is 22.9 Å². The number of Topliss-reactive ketones (excluding diaryl/α,β-unsaturated/α-hetero) is 1. The van der Waals surface area contributed by atoms with Crippen LogP contribution in [0.15, 0.2) is 29.9 Å². The number of rotatable bonds is 4. The number of ketones is 1. The highest BCUT2D eigenvalue weighted by Gasteiger charge is 2.12. The molecule has 0 bridgehead atoms. The number of carbonyl (C=O) groups excluding carboxylic acids is 1. The quantitative estimate of drug-likeness (QED) is 0.852. The summed E-state index contributed by atoms with van der Waals surface area (Å²) >= 11 is 7.27. The largest absolute Gasteiger partial charge is 0.299 e. The third-order valence-corrected chi connectivity index (χ3v) is 3.42. The van der Waals surface area contributed by atoms with E-state index in [4.69, 9.17) is 11.6 Å². The van der Waals surface area contributed by atoms with Gasteiger partial charge in [0.2, 0.25) is 0 Å². The summed E-state index contributed by atoms with van der Waals surface area (Å²) in [5, 5.41) is 0.294. The van der Waals surface area contributed by atoms with Crippen molar-refractivity contribution in [2.45, 2.75) is 12.8 Å². The van der Waals surface area contributed by atoms with E-state index in [1.807, 2.05) is 0 Å². The van der Waals surface area contributed by atoms with E-state index in [0.29, 0.717) is 5.02 Å². The highest BCUT2D eigenvalue weighted by Crippen LogP contribution is 2.20. The summed E-state index contributed by atoms with van der Waals surface area (Å²) < 4.78 is 13.4. The van der Waals surface area contributed by atoms with E-state index < -0.39 is 5.82 Å². The van der Waals surface area contributed by atoms with Gasteiger partial charge in [-0.3, -0.25) is 9.78 Å². The number of hydrogen-bond acceptors (Lipinski definition) is 3. The predicted molar refractivity (Wildman–Crippen MR) is 65.9 cm³/mol. The number of thiazole rings is 1. The van der Waals surface area contributed by atoms with Crippen molar-refractivity contribution in [3.63, 3.8) is 0 Å². The molecule has 5 heteroatoms. The second-order valence-electron chi connectivity index (χ2n) is 3.56. The Balaban J connectivity index is 2.08. The minimum atomic E-state index is -0.435. The van der Waals surface area contributed by atoms with Crippen molar-refractivity contribution >= 4 is 28.7 Å². The van der Waals surface area contributed by atoms with E-state index in [1.54, 1.807) is 17.8 Å². The van der Waals surface area contributed by atoms with E-state index in [9.17, 15) is 9.18 Å². The molecule has 0 spiro atoms. The molecule has 2 rings (SSSR count). The van der Waals surface area contributed by atoms with Gasteiger partial charge in [0.25, 0.3) is 0 Å². The minimum Gasteiger partial charge on any atom is -0.299 e. The van der Waals surface area contributed by atoms with Crippen molar-refractivity contribution in [2.24, 2.45) is 0 Å². The molecule has 0 radical (unpaired) electrons. The molecule has 0 saturated heterocycles. The highest BCUT2D eigenvalue weighted by molar-refractivity contribution is 7.09. The molecular weight excluding hydrogens is 261 g/mol. The Labute approximate surface area is 107 Å². The standard InChI is InChI=1S/C12H9ClFNOS/c13-11-2-1-3-12(14)10(11)5-8(16)4-9-6-15-7-17-9/h1-3,6-7H,4-5H2. The summed E-state index contributed by atoms with van der Waals surface area (Å²) in [5.41, 5.74) is 1.93. The number of nitrogens with zero attached hydrogens (tertiary/aromatic N) is 1. The van der Waals surface area contributed by atoms with Crippen molar-refractivity contribution in [2.75, 3.05) is 0 Å². The molecule has 0 unspecified atom stereocenters. The van der Waals surface area contributed by atoms with Crippen LogP contribution in [0.2, 0.25) is 5.02 Å². The van der Waals surface area contributed by atoms with Gasteiger partial charge in [-0.2, -0.15) is 0 Å². The topological polar surface area (TPSA) is 30.0 Å². The van der Waals surface area contributed by atoms with Crippen molar-refractivity contribution in [1.82, 2.24) is 4.98 Å². The number of aromatic nitrogens is 1. The fourth-order valence-electron chi connectivity index (χ4n) is 1.48. The summed E-state index contributed by atoms with van der Waals surface area (Å²) in [6, 6.07) is 4.41. The van der Waals surface area contributed by atoms with E-state index >= 15 is 0 Å². The molecule has 0 saturated carbocycles. The maximum absolute atomic E-state index is 13.4. The molecule has 0 aliphatic heterocycles. The van der Waals surface area contributed by atoms with Gasteiger partial charge < -0.3 is 0 Å². The smallest absolute Gasteiger partial charge is 0.142 e. The molecule has 88 valence electrons. The lowest BCUT2D eigenvalue weighted by molar-refractivity contribution is -0.117. The summed E-state index contributed by atoms with van der Waals surface area (Å²) in [4.78, 5) is 16.5. The first-order valence-electron chi connectivity index (χ1n) is 4.99. The molecule has 0 aliphatic carbocycles. The number of carbonyl (C=O) groups is 1. The van der Waals surface area contributed by atoms with Crippen LogP contribution in [0.3, 0.4) is 0 Å². The summed E-state index contributed by atoms with van der Waals surface area (Å²) in [6.07, 6.45) is 1.93. The Morgan fingerprint density at radius 2 is 2.24 bits per heavy atom. The number of halogens is 2. The van der Waals surface area contributed by atoms with Gasteiger partial charge in [0.05, 0.1) is 5.51 Å². The molecule has 2 aromatic rings. The molecule has 0 atom stereocenters. The van der Waals surface area contributed by atoms with Crippen LogP contribution in [0.5, 0.6) is 0 Å². The zero-order valence-corrected chi connectivity index (χ0v) is 10.4. The van der Waals surface area contributed by atoms with Gasteiger partial charge in [0.15, 0.2) is 0 Å². The Kier molecular flexibility index (Phi) is 3.86. The fraction of sp³-hybridized carbons (Fsp3) is 0.167. The average molecular weight is 270 g/mol. The van der Waals surface area contributed by atoms with E-state index in [2.05, 4.69) is 4.98 Å². The lowest BCUT2D eigenvalue weighted by Gasteiger charge is -2.04.